The van der Waals surface area contributed by atoms with Crippen molar-refractivity contribution in [3.63, 3.8) is 0 Å². The first kappa shape index (κ1) is 25.0. The zero-order valence-corrected chi connectivity index (χ0v) is 19.8. The number of carbonyl (C=O) groups is 2. The number of rotatable bonds is 12. The predicted molar refractivity (Wildman–Crippen MR) is 135 cm³/mol. The van der Waals surface area contributed by atoms with Crippen molar-refractivity contribution >= 4 is 11.8 Å². The molecular weight excluding hydrogens is 410 g/mol. The lowest BCUT2D eigenvalue weighted by Crippen LogP contribution is -2.46. The van der Waals surface area contributed by atoms with E-state index in [9.17, 15) is 9.59 Å². The summed E-state index contributed by atoms with van der Waals surface area (Å²) in [5, 5.41) is 3.05. The number of hydrogen-bond acceptors (Lipinski definition) is 3. The third-order valence-corrected chi connectivity index (χ3v) is 6.49. The molecule has 178 valence electrons. The van der Waals surface area contributed by atoms with Crippen molar-refractivity contribution in [3.8, 4) is 11.1 Å². The minimum atomic E-state index is 0.0133. The van der Waals surface area contributed by atoms with Crippen molar-refractivity contribution in [3.05, 3.63) is 60.2 Å². The number of benzene rings is 2. The topological polar surface area (TPSA) is 75.4 Å². The Hall–Kier alpha value is -2.66. The molecule has 1 fully saturated rings. The predicted octanol–water partition coefficient (Wildman–Crippen LogP) is 4.69. The first-order valence-corrected chi connectivity index (χ1v) is 12.6. The molecule has 0 bridgehead atoms. The van der Waals surface area contributed by atoms with Crippen LogP contribution >= 0.6 is 0 Å². The first-order chi connectivity index (χ1) is 16.2. The van der Waals surface area contributed by atoms with Gasteiger partial charge in [-0.1, -0.05) is 73.9 Å². The van der Waals surface area contributed by atoms with E-state index in [0.717, 1.165) is 69.3 Å². The van der Waals surface area contributed by atoms with Gasteiger partial charge in [-0.25, -0.2) is 0 Å². The van der Waals surface area contributed by atoms with E-state index in [0.29, 0.717) is 12.8 Å². The second-order valence-corrected chi connectivity index (χ2v) is 9.09. The van der Waals surface area contributed by atoms with Crippen LogP contribution < -0.4 is 11.1 Å². The molecule has 0 spiro atoms. The molecule has 1 atom stereocenters. The highest BCUT2D eigenvalue weighted by Gasteiger charge is 2.28. The second-order valence-electron chi connectivity index (χ2n) is 9.09. The normalized spacial score (nSPS) is 15.9. The maximum atomic E-state index is 13.1. The Kier molecular flexibility index (Phi) is 10.4. The molecule has 33 heavy (non-hydrogen) atoms. The summed E-state index contributed by atoms with van der Waals surface area (Å²) in [4.78, 5) is 27.5. The Balaban J connectivity index is 1.46. The van der Waals surface area contributed by atoms with Crippen molar-refractivity contribution in [1.29, 1.82) is 0 Å². The van der Waals surface area contributed by atoms with E-state index in [4.69, 9.17) is 5.73 Å². The summed E-state index contributed by atoms with van der Waals surface area (Å²) in [7, 11) is 0. The van der Waals surface area contributed by atoms with E-state index in [1.807, 2.05) is 35.2 Å². The van der Waals surface area contributed by atoms with Crippen LogP contribution in [0.2, 0.25) is 0 Å². The van der Waals surface area contributed by atoms with Gasteiger partial charge in [0.15, 0.2) is 0 Å². The SMILES string of the molecule is NCCCCCCCNC(=O)CC1CCCCN1C(=O)Cc1ccc(-c2ccccc2)cc1. The molecule has 0 saturated carbocycles. The van der Waals surface area contributed by atoms with Gasteiger partial charge in [0.25, 0.3) is 0 Å². The summed E-state index contributed by atoms with van der Waals surface area (Å²) < 4.78 is 0. The highest BCUT2D eigenvalue weighted by atomic mass is 16.2. The molecule has 3 rings (SSSR count). The fraction of sp³-hybridized carbons (Fsp3) is 0.500. The summed E-state index contributed by atoms with van der Waals surface area (Å²) >= 11 is 0. The van der Waals surface area contributed by atoms with Crippen molar-refractivity contribution in [2.45, 2.75) is 70.3 Å². The smallest absolute Gasteiger partial charge is 0.227 e. The molecule has 1 saturated heterocycles. The molecular formula is C28H39N3O2. The van der Waals surface area contributed by atoms with Crippen LogP contribution in [0.4, 0.5) is 0 Å². The Labute approximate surface area is 198 Å². The minimum absolute atomic E-state index is 0.0133. The number of nitrogens with two attached hydrogens (primary N) is 1. The van der Waals surface area contributed by atoms with Gasteiger partial charge in [-0.3, -0.25) is 9.59 Å². The highest BCUT2D eigenvalue weighted by Crippen LogP contribution is 2.23. The molecule has 5 heteroatoms. The van der Waals surface area contributed by atoms with Gasteiger partial charge in [0.1, 0.15) is 0 Å². The van der Waals surface area contributed by atoms with Crippen LogP contribution in [0, 0.1) is 0 Å². The van der Waals surface area contributed by atoms with Gasteiger partial charge in [0.05, 0.1) is 6.42 Å². The fourth-order valence-corrected chi connectivity index (χ4v) is 4.58. The Morgan fingerprint density at radius 2 is 1.58 bits per heavy atom. The van der Waals surface area contributed by atoms with Crippen LogP contribution in [0.5, 0.6) is 0 Å². The van der Waals surface area contributed by atoms with E-state index < -0.39 is 0 Å². The second kappa shape index (κ2) is 13.8. The number of piperidine rings is 1. The summed E-state index contributed by atoms with van der Waals surface area (Å²) in [5.74, 6) is 0.189. The Bertz CT molecular complexity index is 851. The van der Waals surface area contributed by atoms with Gasteiger partial charge in [-0.15, -0.1) is 0 Å². The summed E-state index contributed by atoms with van der Waals surface area (Å²) in [6, 6.07) is 18.5. The van der Waals surface area contributed by atoms with E-state index in [2.05, 4.69) is 29.6 Å². The molecule has 1 aliphatic heterocycles. The number of nitrogens with zero attached hydrogens (tertiary/aromatic N) is 1. The van der Waals surface area contributed by atoms with Gasteiger partial charge in [-0.2, -0.15) is 0 Å². The fourth-order valence-electron chi connectivity index (χ4n) is 4.58. The standard InChI is InChI=1S/C28H39N3O2/c29-18-8-2-1-3-9-19-30-27(32)22-26-13-7-10-20-31(26)28(33)21-23-14-16-25(17-15-23)24-11-5-4-6-12-24/h4-6,11-12,14-17,26H,1-3,7-10,13,18-22,29H2,(H,30,32). The van der Waals surface area contributed by atoms with Gasteiger partial charge >= 0.3 is 0 Å². The minimum Gasteiger partial charge on any atom is -0.356 e. The Morgan fingerprint density at radius 1 is 0.879 bits per heavy atom. The lowest BCUT2D eigenvalue weighted by molar-refractivity contribution is -0.135. The van der Waals surface area contributed by atoms with E-state index in [1.54, 1.807) is 0 Å². The average molecular weight is 450 g/mol. The van der Waals surface area contributed by atoms with Crippen molar-refractivity contribution in [2.24, 2.45) is 5.73 Å². The highest BCUT2D eigenvalue weighted by molar-refractivity contribution is 5.81. The van der Waals surface area contributed by atoms with E-state index in [1.165, 1.54) is 18.4 Å². The van der Waals surface area contributed by atoms with Crippen molar-refractivity contribution in [2.75, 3.05) is 19.6 Å². The summed E-state index contributed by atoms with van der Waals surface area (Å²) in [6.45, 7) is 2.22. The zero-order valence-electron chi connectivity index (χ0n) is 19.8. The van der Waals surface area contributed by atoms with Gasteiger partial charge in [-0.05, 0) is 55.3 Å². The maximum Gasteiger partial charge on any atom is 0.227 e. The molecule has 1 aliphatic rings. The lowest BCUT2D eigenvalue weighted by atomic mass is 9.97. The first-order valence-electron chi connectivity index (χ1n) is 12.6. The molecule has 1 heterocycles. The van der Waals surface area contributed by atoms with Crippen LogP contribution in [0.25, 0.3) is 11.1 Å². The molecule has 0 aliphatic carbocycles. The van der Waals surface area contributed by atoms with Crippen LogP contribution in [0.1, 0.15) is 63.4 Å². The third kappa shape index (κ3) is 8.32. The number of carbonyl (C=O) groups excluding carboxylic acids is 2. The molecule has 2 aromatic rings. The van der Waals surface area contributed by atoms with Crippen LogP contribution in [0.3, 0.4) is 0 Å². The summed E-state index contributed by atoms with van der Waals surface area (Å²) in [5.41, 5.74) is 8.86. The van der Waals surface area contributed by atoms with Crippen LogP contribution in [-0.2, 0) is 16.0 Å². The monoisotopic (exact) mass is 449 g/mol. The molecule has 1 unspecified atom stereocenters. The Morgan fingerprint density at radius 3 is 2.33 bits per heavy atom. The maximum absolute atomic E-state index is 13.1. The largest absolute Gasteiger partial charge is 0.356 e. The number of hydrogen-bond donors (Lipinski definition) is 2. The lowest BCUT2D eigenvalue weighted by Gasteiger charge is -2.35. The average Bonchev–Trinajstić information content (AvgIpc) is 2.85. The summed E-state index contributed by atoms with van der Waals surface area (Å²) in [6.07, 6.45) is 9.33. The van der Waals surface area contributed by atoms with Gasteiger partial charge in [0, 0.05) is 25.6 Å². The van der Waals surface area contributed by atoms with Crippen molar-refractivity contribution in [1.82, 2.24) is 10.2 Å². The molecule has 3 N–H and O–H groups in total. The molecule has 0 aromatic heterocycles. The number of likely N-dealkylation sites (tertiary alicyclic amines) is 1. The number of amides is 2. The van der Waals surface area contributed by atoms with Gasteiger partial charge < -0.3 is 16.0 Å². The van der Waals surface area contributed by atoms with Gasteiger partial charge in [0.2, 0.25) is 11.8 Å². The molecule has 2 amide bonds. The molecule has 5 nitrogen and oxygen atoms in total. The van der Waals surface area contributed by atoms with Crippen LogP contribution in [-0.4, -0.2) is 42.4 Å². The molecule has 2 aromatic carbocycles. The molecule has 0 radical (unpaired) electrons. The number of nitrogens with one attached hydrogen (secondary N) is 1. The van der Waals surface area contributed by atoms with E-state index in [-0.39, 0.29) is 17.9 Å². The quantitative estimate of drug-likeness (QED) is 0.462. The van der Waals surface area contributed by atoms with Crippen LogP contribution in [0.15, 0.2) is 54.6 Å². The number of unbranched alkanes of at least 4 members (excludes halogenated alkanes) is 4. The van der Waals surface area contributed by atoms with Crippen molar-refractivity contribution < 1.29 is 9.59 Å². The van der Waals surface area contributed by atoms with E-state index >= 15 is 0 Å². The third-order valence-electron chi connectivity index (χ3n) is 6.49. The zero-order chi connectivity index (χ0) is 23.3.